The molecule has 0 radical (unpaired) electrons. The number of nitrogens with one attached hydrogen (secondary N) is 2. The molecule has 2 N–H and O–H groups in total. The lowest BCUT2D eigenvalue weighted by Crippen LogP contribution is -2.25. The highest BCUT2D eigenvalue weighted by atomic mass is 16.5. The van der Waals surface area contributed by atoms with Crippen molar-refractivity contribution in [3.8, 4) is 0 Å². The third-order valence-corrected chi connectivity index (χ3v) is 3.57. The van der Waals surface area contributed by atoms with Gasteiger partial charge in [0.05, 0.1) is 11.0 Å². The molecule has 5 heteroatoms. The fraction of sp³-hybridized carbons (Fsp3) is 0.294. The van der Waals surface area contributed by atoms with Gasteiger partial charge in [-0.1, -0.05) is 18.2 Å². The molecule has 0 atom stereocenters. The van der Waals surface area contributed by atoms with Crippen LogP contribution in [0.5, 0.6) is 0 Å². The van der Waals surface area contributed by atoms with Crippen molar-refractivity contribution in [1.29, 1.82) is 0 Å². The van der Waals surface area contributed by atoms with Gasteiger partial charge in [0.1, 0.15) is 5.69 Å². The number of hydrogen-bond acceptors (Lipinski definition) is 3. The monoisotopic (exact) mass is 297 g/mol. The summed E-state index contributed by atoms with van der Waals surface area (Å²) in [6.07, 6.45) is 2.57. The first-order valence-corrected chi connectivity index (χ1v) is 7.52. The van der Waals surface area contributed by atoms with Crippen LogP contribution in [0.4, 0.5) is 0 Å². The molecule has 1 amide bonds. The number of H-pyrrole nitrogens is 1. The molecule has 0 unspecified atom stereocenters. The Morgan fingerprint density at radius 3 is 3.05 bits per heavy atom. The van der Waals surface area contributed by atoms with Gasteiger partial charge >= 0.3 is 0 Å². The Kier molecular flexibility index (Phi) is 4.34. The molecular formula is C17H19N3O2. The van der Waals surface area contributed by atoms with E-state index >= 15 is 0 Å². The zero-order chi connectivity index (χ0) is 15.4. The van der Waals surface area contributed by atoms with Crippen LogP contribution < -0.4 is 5.32 Å². The van der Waals surface area contributed by atoms with Crippen molar-refractivity contribution in [3.05, 3.63) is 42.2 Å². The van der Waals surface area contributed by atoms with Crippen molar-refractivity contribution >= 4 is 27.7 Å². The Balaban J connectivity index is 1.77. The predicted octanol–water partition coefficient (Wildman–Crippen LogP) is 2.87. The molecule has 0 saturated heterocycles. The number of ether oxygens (including phenoxy) is 1. The summed E-state index contributed by atoms with van der Waals surface area (Å²) >= 11 is 0. The van der Waals surface area contributed by atoms with Gasteiger partial charge in [0, 0.05) is 36.7 Å². The quantitative estimate of drug-likeness (QED) is 0.687. The zero-order valence-corrected chi connectivity index (χ0v) is 12.6. The summed E-state index contributed by atoms with van der Waals surface area (Å²) < 4.78 is 5.25. The molecule has 0 saturated carbocycles. The van der Waals surface area contributed by atoms with Gasteiger partial charge in [-0.15, -0.1) is 0 Å². The number of nitrogens with zero attached hydrogens (tertiary/aromatic N) is 1. The van der Waals surface area contributed by atoms with Gasteiger partial charge in [-0.3, -0.25) is 9.78 Å². The minimum atomic E-state index is -0.100. The first-order valence-electron chi connectivity index (χ1n) is 7.52. The normalized spacial score (nSPS) is 11.1. The van der Waals surface area contributed by atoms with Gasteiger partial charge in [0.2, 0.25) is 0 Å². The minimum absolute atomic E-state index is 0.100. The fourth-order valence-corrected chi connectivity index (χ4v) is 2.48. The SMILES string of the molecule is CCOCCCNC(=O)c1cc2ccc3cccnc3c2[nH]1. The van der Waals surface area contributed by atoms with Crippen molar-refractivity contribution in [2.75, 3.05) is 19.8 Å². The van der Waals surface area contributed by atoms with Crippen LogP contribution in [0.15, 0.2) is 36.5 Å². The Bertz CT molecular complexity index is 795. The maximum absolute atomic E-state index is 12.2. The second kappa shape index (κ2) is 6.58. The summed E-state index contributed by atoms with van der Waals surface area (Å²) in [5.41, 5.74) is 2.34. The van der Waals surface area contributed by atoms with Crippen molar-refractivity contribution in [1.82, 2.24) is 15.3 Å². The number of aromatic amines is 1. The number of benzene rings is 1. The van der Waals surface area contributed by atoms with Crippen molar-refractivity contribution < 1.29 is 9.53 Å². The van der Waals surface area contributed by atoms with E-state index in [1.807, 2.05) is 37.3 Å². The second-order valence-electron chi connectivity index (χ2n) is 5.09. The molecule has 0 aliphatic rings. The van der Waals surface area contributed by atoms with Gasteiger partial charge in [0.15, 0.2) is 0 Å². The molecule has 3 aromatic rings. The molecule has 2 heterocycles. The van der Waals surface area contributed by atoms with E-state index in [1.165, 1.54) is 0 Å². The van der Waals surface area contributed by atoms with Crippen LogP contribution in [0.25, 0.3) is 21.8 Å². The lowest BCUT2D eigenvalue weighted by atomic mass is 10.1. The van der Waals surface area contributed by atoms with Crippen LogP contribution in [0.1, 0.15) is 23.8 Å². The van der Waals surface area contributed by atoms with Gasteiger partial charge in [0.25, 0.3) is 5.91 Å². The van der Waals surface area contributed by atoms with Gasteiger partial charge in [-0.2, -0.15) is 0 Å². The fourth-order valence-electron chi connectivity index (χ4n) is 2.48. The van der Waals surface area contributed by atoms with E-state index < -0.39 is 0 Å². The highest BCUT2D eigenvalue weighted by Gasteiger charge is 2.11. The maximum atomic E-state index is 12.2. The highest BCUT2D eigenvalue weighted by Crippen LogP contribution is 2.23. The Morgan fingerprint density at radius 1 is 1.32 bits per heavy atom. The number of fused-ring (bicyclic) bond motifs is 3. The Hall–Kier alpha value is -2.40. The number of aromatic nitrogens is 2. The van der Waals surface area contributed by atoms with Crippen LogP contribution in [0, 0.1) is 0 Å². The van der Waals surface area contributed by atoms with Crippen LogP contribution in [0.3, 0.4) is 0 Å². The van der Waals surface area contributed by atoms with E-state index in [2.05, 4.69) is 15.3 Å². The summed E-state index contributed by atoms with van der Waals surface area (Å²) in [7, 11) is 0. The van der Waals surface area contributed by atoms with Crippen LogP contribution in [-0.4, -0.2) is 35.6 Å². The first-order chi connectivity index (χ1) is 10.8. The standard InChI is InChI=1S/C17H19N3O2/c1-2-22-10-4-9-19-17(21)14-11-13-7-6-12-5-3-8-18-15(12)16(13)20-14/h3,5-8,11,20H,2,4,9-10H2,1H3,(H,19,21). The second-order valence-corrected chi connectivity index (χ2v) is 5.09. The van der Waals surface area contributed by atoms with E-state index in [-0.39, 0.29) is 5.91 Å². The molecule has 0 aliphatic carbocycles. The van der Waals surface area contributed by atoms with Crippen molar-refractivity contribution in [2.45, 2.75) is 13.3 Å². The van der Waals surface area contributed by atoms with Crippen molar-refractivity contribution in [3.63, 3.8) is 0 Å². The molecule has 1 aromatic carbocycles. The van der Waals surface area contributed by atoms with E-state index in [4.69, 9.17) is 4.74 Å². The zero-order valence-electron chi connectivity index (χ0n) is 12.6. The molecule has 2 aromatic heterocycles. The number of carbonyl (C=O) groups excluding carboxylic acids is 1. The molecule has 3 rings (SSSR count). The molecule has 0 fully saturated rings. The summed E-state index contributed by atoms with van der Waals surface area (Å²) in [6.45, 7) is 3.93. The summed E-state index contributed by atoms with van der Waals surface area (Å²) in [4.78, 5) is 19.8. The van der Waals surface area contributed by atoms with Gasteiger partial charge < -0.3 is 15.0 Å². The van der Waals surface area contributed by atoms with Gasteiger partial charge in [-0.05, 0) is 25.5 Å². The topological polar surface area (TPSA) is 67.0 Å². The average molecular weight is 297 g/mol. The summed E-state index contributed by atoms with van der Waals surface area (Å²) in [6, 6.07) is 9.80. The number of pyridine rings is 1. The third kappa shape index (κ3) is 2.94. The minimum Gasteiger partial charge on any atom is -0.382 e. The number of carbonyl (C=O) groups is 1. The van der Waals surface area contributed by atoms with E-state index in [0.717, 1.165) is 28.2 Å². The maximum Gasteiger partial charge on any atom is 0.267 e. The van der Waals surface area contributed by atoms with E-state index in [9.17, 15) is 4.79 Å². The number of amides is 1. The molecule has 0 bridgehead atoms. The third-order valence-electron chi connectivity index (χ3n) is 3.57. The van der Waals surface area contributed by atoms with Gasteiger partial charge in [-0.25, -0.2) is 0 Å². The number of rotatable bonds is 6. The Labute approximate surface area is 128 Å². The van der Waals surface area contributed by atoms with Crippen LogP contribution >= 0.6 is 0 Å². The summed E-state index contributed by atoms with van der Waals surface area (Å²) in [5, 5.41) is 4.94. The van der Waals surface area contributed by atoms with Crippen molar-refractivity contribution in [2.24, 2.45) is 0 Å². The van der Waals surface area contributed by atoms with E-state index in [1.54, 1.807) is 6.20 Å². The highest BCUT2D eigenvalue weighted by molar-refractivity contribution is 6.07. The van der Waals surface area contributed by atoms with Crippen LogP contribution in [0.2, 0.25) is 0 Å². The molecule has 22 heavy (non-hydrogen) atoms. The summed E-state index contributed by atoms with van der Waals surface area (Å²) in [5.74, 6) is -0.100. The average Bonchev–Trinajstić information content (AvgIpc) is 2.99. The van der Waals surface area contributed by atoms with Crippen LogP contribution in [-0.2, 0) is 4.74 Å². The Morgan fingerprint density at radius 2 is 2.18 bits per heavy atom. The molecule has 0 aliphatic heterocycles. The first kappa shape index (κ1) is 14.5. The lowest BCUT2D eigenvalue weighted by molar-refractivity contribution is 0.0940. The largest absolute Gasteiger partial charge is 0.382 e. The lowest BCUT2D eigenvalue weighted by Gasteiger charge is -2.03. The smallest absolute Gasteiger partial charge is 0.267 e. The van der Waals surface area contributed by atoms with E-state index in [0.29, 0.717) is 25.5 Å². The predicted molar refractivity (Wildman–Crippen MR) is 87.0 cm³/mol. The molecule has 114 valence electrons. The number of hydrogen-bond donors (Lipinski definition) is 2. The molecule has 0 spiro atoms. The molecule has 5 nitrogen and oxygen atoms in total. The molecular weight excluding hydrogens is 278 g/mol.